The van der Waals surface area contributed by atoms with E-state index in [-0.39, 0.29) is 0 Å². The van der Waals surface area contributed by atoms with E-state index in [2.05, 4.69) is 4.74 Å². The summed E-state index contributed by atoms with van der Waals surface area (Å²) in [5, 5.41) is 0.566. The van der Waals surface area contributed by atoms with Crippen LogP contribution in [0.4, 0.5) is 0 Å². The molecule has 1 aromatic carbocycles. The molecule has 0 saturated carbocycles. The monoisotopic (exact) mass is 243 g/mol. The van der Waals surface area contributed by atoms with Gasteiger partial charge in [-0.1, -0.05) is 17.7 Å². The van der Waals surface area contributed by atoms with Crippen LogP contribution in [0.3, 0.4) is 0 Å². The lowest BCUT2D eigenvalue weighted by Crippen LogP contribution is -2.44. The lowest BCUT2D eigenvalue weighted by molar-refractivity contribution is -0.144. The van der Waals surface area contributed by atoms with Crippen LogP contribution in [0.25, 0.3) is 0 Å². The van der Waals surface area contributed by atoms with Crippen LogP contribution < -0.4 is 10.5 Å². The average molecular weight is 244 g/mol. The SMILES string of the molecule is COC(=O)[C@@H](N)[C@@H](C)Oc1cccc(Cl)c1. The van der Waals surface area contributed by atoms with Gasteiger partial charge in [-0.15, -0.1) is 0 Å². The molecule has 1 aromatic rings. The number of hydrogen-bond acceptors (Lipinski definition) is 4. The van der Waals surface area contributed by atoms with Crippen molar-refractivity contribution in [1.82, 2.24) is 0 Å². The number of carbonyl (C=O) groups is 1. The Hall–Kier alpha value is -1.26. The molecular weight excluding hydrogens is 230 g/mol. The van der Waals surface area contributed by atoms with E-state index in [0.29, 0.717) is 10.8 Å². The van der Waals surface area contributed by atoms with Gasteiger partial charge in [-0.2, -0.15) is 0 Å². The Balaban J connectivity index is 2.64. The fourth-order valence-electron chi connectivity index (χ4n) is 1.16. The first kappa shape index (κ1) is 12.8. The van der Waals surface area contributed by atoms with Crippen molar-refractivity contribution in [2.75, 3.05) is 7.11 Å². The molecule has 2 atom stereocenters. The summed E-state index contributed by atoms with van der Waals surface area (Å²) in [5.41, 5.74) is 5.62. The molecule has 0 heterocycles. The highest BCUT2D eigenvalue weighted by atomic mass is 35.5. The van der Waals surface area contributed by atoms with Crippen molar-refractivity contribution >= 4 is 17.6 Å². The molecule has 5 heteroatoms. The van der Waals surface area contributed by atoms with Gasteiger partial charge in [-0.25, -0.2) is 0 Å². The number of nitrogens with two attached hydrogens (primary N) is 1. The Bertz CT molecular complexity index is 370. The van der Waals surface area contributed by atoms with Gasteiger partial charge < -0.3 is 15.2 Å². The summed E-state index contributed by atoms with van der Waals surface area (Å²) in [6.07, 6.45) is -0.481. The van der Waals surface area contributed by atoms with Crippen LogP contribution in [-0.4, -0.2) is 25.2 Å². The smallest absolute Gasteiger partial charge is 0.326 e. The zero-order chi connectivity index (χ0) is 12.1. The Morgan fingerprint density at radius 1 is 1.50 bits per heavy atom. The van der Waals surface area contributed by atoms with Crippen molar-refractivity contribution in [2.24, 2.45) is 5.73 Å². The number of carbonyl (C=O) groups excluding carboxylic acids is 1. The molecule has 0 spiro atoms. The van der Waals surface area contributed by atoms with Gasteiger partial charge in [0.25, 0.3) is 0 Å². The predicted molar refractivity (Wildman–Crippen MR) is 61.5 cm³/mol. The van der Waals surface area contributed by atoms with Crippen molar-refractivity contribution in [3.05, 3.63) is 29.3 Å². The van der Waals surface area contributed by atoms with Crippen LogP contribution in [0.15, 0.2) is 24.3 Å². The summed E-state index contributed by atoms with van der Waals surface area (Å²) in [7, 11) is 1.29. The number of esters is 1. The first-order valence-electron chi connectivity index (χ1n) is 4.80. The topological polar surface area (TPSA) is 61.5 Å². The maximum atomic E-state index is 11.2. The number of halogens is 1. The van der Waals surface area contributed by atoms with Crippen LogP contribution in [0.5, 0.6) is 5.75 Å². The summed E-state index contributed by atoms with van der Waals surface area (Å²) < 4.78 is 9.99. The van der Waals surface area contributed by atoms with Crippen LogP contribution in [0.2, 0.25) is 5.02 Å². The number of benzene rings is 1. The largest absolute Gasteiger partial charge is 0.488 e. The van der Waals surface area contributed by atoms with E-state index in [1.165, 1.54) is 7.11 Å². The lowest BCUT2D eigenvalue weighted by atomic mass is 10.2. The third-order valence-corrected chi connectivity index (χ3v) is 2.33. The molecule has 0 amide bonds. The number of rotatable bonds is 4. The third kappa shape index (κ3) is 3.40. The van der Waals surface area contributed by atoms with Crippen molar-refractivity contribution in [1.29, 1.82) is 0 Å². The van der Waals surface area contributed by atoms with Gasteiger partial charge in [0.1, 0.15) is 17.9 Å². The van der Waals surface area contributed by atoms with E-state index in [4.69, 9.17) is 22.1 Å². The van der Waals surface area contributed by atoms with E-state index in [1.54, 1.807) is 31.2 Å². The van der Waals surface area contributed by atoms with E-state index >= 15 is 0 Å². The van der Waals surface area contributed by atoms with E-state index in [9.17, 15) is 4.79 Å². The normalized spacial score (nSPS) is 14.0. The quantitative estimate of drug-likeness (QED) is 0.817. The highest BCUT2D eigenvalue weighted by Crippen LogP contribution is 2.18. The Kier molecular flexibility index (Phi) is 4.58. The molecule has 0 aliphatic carbocycles. The first-order chi connectivity index (χ1) is 7.54. The van der Waals surface area contributed by atoms with Gasteiger partial charge in [-0.3, -0.25) is 4.79 Å². The molecule has 16 heavy (non-hydrogen) atoms. The second-order valence-electron chi connectivity index (χ2n) is 3.33. The highest BCUT2D eigenvalue weighted by molar-refractivity contribution is 6.30. The maximum absolute atomic E-state index is 11.2. The zero-order valence-corrected chi connectivity index (χ0v) is 9.90. The molecule has 0 saturated heterocycles. The van der Waals surface area contributed by atoms with Crippen LogP contribution in [0.1, 0.15) is 6.92 Å². The summed E-state index contributed by atoms with van der Waals surface area (Å²) >= 11 is 5.79. The summed E-state index contributed by atoms with van der Waals surface area (Å²) in [5.74, 6) is 0.0638. The summed E-state index contributed by atoms with van der Waals surface area (Å²) in [6, 6.07) is 6.07. The second-order valence-corrected chi connectivity index (χ2v) is 3.77. The molecule has 0 bridgehead atoms. The zero-order valence-electron chi connectivity index (χ0n) is 9.14. The van der Waals surface area contributed by atoms with Gasteiger partial charge in [-0.05, 0) is 25.1 Å². The van der Waals surface area contributed by atoms with Crippen molar-refractivity contribution in [3.63, 3.8) is 0 Å². The average Bonchev–Trinajstić information content (AvgIpc) is 2.27. The molecule has 0 fully saturated rings. The molecule has 0 aromatic heterocycles. The number of methoxy groups -OCH3 is 1. The summed E-state index contributed by atoms with van der Waals surface area (Å²) in [4.78, 5) is 11.2. The second kappa shape index (κ2) is 5.72. The van der Waals surface area contributed by atoms with Crippen molar-refractivity contribution in [3.8, 4) is 5.75 Å². The Morgan fingerprint density at radius 3 is 2.75 bits per heavy atom. The Labute approximate surface area is 99.3 Å². The molecule has 0 aliphatic rings. The van der Waals surface area contributed by atoms with Crippen LogP contribution in [0, 0.1) is 0 Å². The van der Waals surface area contributed by atoms with E-state index in [0.717, 1.165) is 0 Å². The molecular formula is C11H14ClNO3. The van der Waals surface area contributed by atoms with Gasteiger partial charge in [0.15, 0.2) is 0 Å². The highest BCUT2D eigenvalue weighted by Gasteiger charge is 2.23. The summed E-state index contributed by atoms with van der Waals surface area (Å²) in [6.45, 7) is 1.70. The van der Waals surface area contributed by atoms with Crippen molar-refractivity contribution < 1.29 is 14.3 Å². The van der Waals surface area contributed by atoms with Gasteiger partial charge in [0.2, 0.25) is 0 Å². The fourth-order valence-corrected chi connectivity index (χ4v) is 1.34. The first-order valence-corrected chi connectivity index (χ1v) is 5.18. The number of hydrogen-bond donors (Lipinski definition) is 1. The molecule has 0 unspecified atom stereocenters. The molecule has 1 rings (SSSR count). The lowest BCUT2D eigenvalue weighted by Gasteiger charge is -2.19. The Morgan fingerprint density at radius 2 is 2.19 bits per heavy atom. The van der Waals surface area contributed by atoms with Crippen LogP contribution >= 0.6 is 11.6 Å². The minimum Gasteiger partial charge on any atom is -0.488 e. The minimum atomic E-state index is -0.816. The van der Waals surface area contributed by atoms with Crippen LogP contribution in [-0.2, 0) is 9.53 Å². The van der Waals surface area contributed by atoms with E-state index in [1.807, 2.05) is 0 Å². The van der Waals surface area contributed by atoms with Gasteiger partial charge in [0, 0.05) is 5.02 Å². The molecule has 0 radical (unpaired) electrons. The standard InChI is InChI=1S/C11H14ClNO3/c1-7(10(13)11(14)15-2)16-9-5-3-4-8(12)6-9/h3-7,10H,13H2,1-2H3/t7-,10+/m1/s1. The molecule has 2 N–H and O–H groups in total. The van der Waals surface area contributed by atoms with Crippen molar-refractivity contribution in [2.45, 2.75) is 19.1 Å². The third-order valence-electron chi connectivity index (χ3n) is 2.10. The fraction of sp³-hybridized carbons (Fsp3) is 0.364. The van der Waals surface area contributed by atoms with Gasteiger partial charge in [0.05, 0.1) is 7.11 Å². The predicted octanol–water partition coefficient (Wildman–Crippen LogP) is 1.61. The minimum absolute atomic E-state index is 0.481. The number of ether oxygens (including phenoxy) is 2. The van der Waals surface area contributed by atoms with Gasteiger partial charge >= 0.3 is 5.97 Å². The molecule has 0 aliphatic heterocycles. The van der Waals surface area contributed by atoms with E-state index < -0.39 is 18.1 Å². The molecule has 4 nitrogen and oxygen atoms in total. The molecule has 88 valence electrons. The maximum Gasteiger partial charge on any atom is 0.326 e.